The van der Waals surface area contributed by atoms with Gasteiger partial charge in [0.2, 0.25) is 0 Å². The number of aromatic carboxylic acids is 1. The Morgan fingerprint density at radius 1 is 1.33 bits per heavy atom. The molecule has 0 radical (unpaired) electrons. The van der Waals surface area contributed by atoms with Gasteiger partial charge in [-0.3, -0.25) is 9.13 Å². The van der Waals surface area contributed by atoms with Gasteiger partial charge in [0.05, 0.1) is 13.7 Å². The molecule has 0 aliphatic carbocycles. The molecule has 0 unspecified atom stereocenters. The number of rotatable bonds is 5. The second kappa shape index (κ2) is 5.87. The van der Waals surface area contributed by atoms with E-state index in [2.05, 4.69) is 0 Å². The maximum absolute atomic E-state index is 12.1. The first-order valence-electron chi connectivity index (χ1n) is 6.61. The summed E-state index contributed by atoms with van der Waals surface area (Å²) >= 11 is 0. The molecule has 2 aromatic rings. The Kier molecular flexibility index (Phi) is 4.16. The molecule has 1 aromatic heterocycles. The Labute approximate surface area is 122 Å². The second-order valence-electron chi connectivity index (χ2n) is 5.05. The molecular weight excluding hydrogens is 272 g/mol. The lowest BCUT2D eigenvalue weighted by molar-refractivity contribution is 0.0693. The van der Waals surface area contributed by atoms with Crippen LogP contribution in [0.15, 0.2) is 35.4 Å². The SMILES string of the molecule is COc1cc(Cn2ccn(C(C)C)c2=O)ccc1C(=O)O. The lowest BCUT2D eigenvalue weighted by Gasteiger charge is -2.08. The largest absolute Gasteiger partial charge is 0.496 e. The van der Waals surface area contributed by atoms with Crippen molar-refractivity contribution in [3.8, 4) is 5.75 Å². The lowest BCUT2D eigenvalue weighted by atomic mass is 10.1. The lowest BCUT2D eigenvalue weighted by Crippen LogP contribution is -2.25. The van der Waals surface area contributed by atoms with E-state index in [4.69, 9.17) is 9.84 Å². The van der Waals surface area contributed by atoms with Gasteiger partial charge in [-0.15, -0.1) is 0 Å². The van der Waals surface area contributed by atoms with Crippen LogP contribution < -0.4 is 10.4 Å². The Balaban J connectivity index is 2.32. The molecule has 1 heterocycles. The van der Waals surface area contributed by atoms with E-state index in [9.17, 15) is 9.59 Å². The van der Waals surface area contributed by atoms with Gasteiger partial charge in [0, 0.05) is 18.4 Å². The summed E-state index contributed by atoms with van der Waals surface area (Å²) < 4.78 is 8.31. The van der Waals surface area contributed by atoms with Crippen LogP contribution in [0.5, 0.6) is 5.75 Å². The van der Waals surface area contributed by atoms with Gasteiger partial charge in [-0.05, 0) is 31.5 Å². The molecule has 0 fully saturated rings. The third-order valence-corrected chi connectivity index (χ3v) is 3.28. The number of imidazole rings is 1. The van der Waals surface area contributed by atoms with Crippen LogP contribution in [-0.2, 0) is 6.54 Å². The van der Waals surface area contributed by atoms with E-state index in [1.54, 1.807) is 33.7 Å². The zero-order valence-corrected chi connectivity index (χ0v) is 12.2. The van der Waals surface area contributed by atoms with Crippen molar-refractivity contribution >= 4 is 5.97 Å². The molecule has 1 aromatic carbocycles. The van der Waals surface area contributed by atoms with Gasteiger partial charge >= 0.3 is 11.7 Å². The summed E-state index contributed by atoms with van der Waals surface area (Å²) in [5.74, 6) is -0.752. The molecule has 2 rings (SSSR count). The molecule has 112 valence electrons. The molecule has 0 atom stereocenters. The highest BCUT2D eigenvalue weighted by Crippen LogP contribution is 2.20. The Morgan fingerprint density at radius 2 is 2.05 bits per heavy atom. The molecule has 0 amide bonds. The molecule has 0 aliphatic rings. The monoisotopic (exact) mass is 290 g/mol. The Bertz CT molecular complexity index is 713. The minimum Gasteiger partial charge on any atom is -0.496 e. The maximum atomic E-state index is 12.1. The van der Waals surface area contributed by atoms with Crippen LogP contribution in [0, 0.1) is 0 Å². The van der Waals surface area contributed by atoms with E-state index in [0.29, 0.717) is 6.54 Å². The summed E-state index contributed by atoms with van der Waals surface area (Å²) in [6, 6.07) is 4.91. The molecule has 0 spiro atoms. The number of hydrogen-bond donors (Lipinski definition) is 1. The minimum atomic E-state index is -1.04. The smallest absolute Gasteiger partial charge is 0.339 e. The van der Waals surface area contributed by atoms with Crippen molar-refractivity contribution in [2.75, 3.05) is 7.11 Å². The molecule has 6 nitrogen and oxygen atoms in total. The zero-order valence-electron chi connectivity index (χ0n) is 12.2. The van der Waals surface area contributed by atoms with Gasteiger partial charge in [-0.2, -0.15) is 0 Å². The van der Waals surface area contributed by atoms with Crippen LogP contribution in [-0.4, -0.2) is 27.3 Å². The van der Waals surface area contributed by atoms with E-state index in [0.717, 1.165) is 5.56 Å². The van der Waals surface area contributed by atoms with Crippen molar-refractivity contribution in [2.45, 2.75) is 26.4 Å². The van der Waals surface area contributed by atoms with Crippen LogP contribution in [0.2, 0.25) is 0 Å². The van der Waals surface area contributed by atoms with E-state index in [-0.39, 0.29) is 23.0 Å². The molecule has 21 heavy (non-hydrogen) atoms. The molecule has 0 saturated carbocycles. The van der Waals surface area contributed by atoms with Crippen molar-refractivity contribution in [3.63, 3.8) is 0 Å². The summed E-state index contributed by atoms with van der Waals surface area (Å²) in [5.41, 5.74) is 0.820. The summed E-state index contributed by atoms with van der Waals surface area (Å²) in [5, 5.41) is 9.05. The van der Waals surface area contributed by atoms with Crippen molar-refractivity contribution in [1.29, 1.82) is 0 Å². The number of hydrogen-bond acceptors (Lipinski definition) is 3. The highest BCUT2D eigenvalue weighted by Gasteiger charge is 2.12. The van der Waals surface area contributed by atoms with E-state index in [1.165, 1.54) is 13.2 Å². The van der Waals surface area contributed by atoms with Gasteiger partial charge in [-0.25, -0.2) is 9.59 Å². The van der Waals surface area contributed by atoms with Gasteiger partial charge in [0.25, 0.3) is 0 Å². The van der Waals surface area contributed by atoms with Crippen LogP contribution in [0.4, 0.5) is 0 Å². The molecule has 0 bridgehead atoms. The summed E-state index contributed by atoms with van der Waals surface area (Å²) in [6.07, 6.45) is 3.47. The molecule has 0 aliphatic heterocycles. The summed E-state index contributed by atoms with van der Waals surface area (Å²) in [6.45, 7) is 4.25. The van der Waals surface area contributed by atoms with Crippen LogP contribution in [0.3, 0.4) is 0 Å². The first kappa shape index (κ1) is 14.9. The third-order valence-electron chi connectivity index (χ3n) is 3.28. The average molecular weight is 290 g/mol. The number of aromatic nitrogens is 2. The van der Waals surface area contributed by atoms with Gasteiger partial charge < -0.3 is 9.84 Å². The van der Waals surface area contributed by atoms with Crippen molar-refractivity contribution in [3.05, 3.63) is 52.2 Å². The third kappa shape index (κ3) is 2.99. The normalized spacial score (nSPS) is 10.9. The maximum Gasteiger partial charge on any atom is 0.339 e. The highest BCUT2D eigenvalue weighted by atomic mass is 16.5. The van der Waals surface area contributed by atoms with Crippen LogP contribution >= 0.6 is 0 Å². The van der Waals surface area contributed by atoms with E-state index < -0.39 is 5.97 Å². The number of methoxy groups -OCH3 is 1. The number of benzene rings is 1. The summed E-state index contributed by atoms with van der Waals surface area (Å²) in [4.78, 5) is 23.2. The first-order chi connectivity index (χ1) is 9.93. The van der Waals surface area contributed by atoms with Gasteiger partial charge in [0.15, 0.2) is 0 Å². The minimum absolute atomic E-state index is 0.0914. The predicted octanol–water partition coefficient (Wildman–Crippen LogP) is 1.99. The standard InChI is InChI=1S/C15H18N2O4/c1-10(2)17-7-6-16(15(17)20)9-11-4-5-12(14(18)19)13(8-11)21-3/h4-8,10H,9H2,1-3H3,(H,18,19). The second-order valence-corrected chi connectivity index (χ2v) is 5.05. The van der Waals surface area contributed by atoms with Gasteiger partial charge in [0.1, 0.15) is 11.3 Å². The molecule has 6 heteroatoms. The zero-order chi connectivity index (χ0) is 15.6. The van der Waals surface area contributed by atoms with Crippen molar-refractivity contribution < 1.29 is 14.6 Å². The van der Waals surface area contributed by atoms with Crippen molar-refractivity contribution in [1.82, 2.24) is 9.13 Å². The Morgan fingerprint density at radius 3 is 2.57 bits per heavy atom. The highest BCUT2D eigenvalue weighted by molar-refractivity contribution is 5.90. The quantitative estimate of drug-likeness (QED) is 0.914. The molecule has 0 saturated heterocycles. The predicted molar refractivity (Wildman–Crippen MR) is 78.1 cm³/mol. The van der Waals surface area contributed by atoms with Crippen LogP contribution in [0.1, 0.15) is 35.8 Å². The Hall–Kier alpha value is -2.50. The van der Waals surface area contributed by atoms with E-state index in [1.807, 2.05) is 13.8 Å². The molecular formula is C15H18N2O4. The molecule has 1 N–H and O–H groups in total. The fourth-order valence-electron chi connectivity index (χ4n) is 2.15. The number of ether oxygens (including phenoxy) is 1. The number of carbonyl (C=O) groups is 1. The average Bonchev–Trinajstić information content (AvgIpc) is 2.80. The fourth-order valence-corrected chi connectivity index (χ4v) is 2.15. The van der Waals surface area contributed by atoms with Gasteiger partial charge in [-0.1, -0.05) is 6.07 Å². The fraction of sp³-hybridized carbons (Fsp3) is 0.333. The number of nitrogens with zero attached hydrogens (tertiary/aromatic N) is 2. The number of carboxylic acids is 1. The first-order valence-corrected chi connectivity index (χ1v) is 6.61. The summed E-state index contributed by atoms with van der Waals surface area (Å²) in [7, 11) is 1.42. The topological polar surface area (TPSA) is 73.5 Å². The van der Waals surface area contributed by atoms with Crippen molar-refractivity contribution in [2.24, 2.45) is 0 Å². The van der Waals surface area contributed by atoms with E-state index >= 15 is 0 Å². The van der Waals surface area contributed by atoms with Crippen LogP contribution in [0.25, 0.3) is 0 Å². The number of carboxylic acid groups (broad SMARTS) is 1.